The van der Waals surface area contributed by atoms with Crippen molar-refractivity contribution in [2.75, 3.05) is 14.2 Å². The highest BCUT2D eigenvalue weighted by atomic mass is 127. The molecule has 60 heavy (non-hydrogen) atoms. The zero-order valence-corrected chi connectivity index (χ0v) is 37.3. The van der Waals surface area contributed by atoms with Gasteiger partial charge in [0.05, 0.1) is 48.1 Å². The average Bonchev–Trinajstić information content (AvgIpc) is 4.10. The van der Waals surface area contributed by atoms with Gasteiger partial charge >= 0.3 is 11.9 Å². The molecule has 0 saturated heterocycles. The number of nitrogens with zero attached hydrogens (tertiary/aromatic N) is 4. The van der Waals surface area contributed by atoms with Crippen LogP contribution in [0.3, 0.4) is 0 Å². The molecule has 7 aromatic rings. The first kappa shape index (κ1) is 41.9. The molecule has 0 atom stereocenters. The Morgan fingerprint density at radius 3 is 0.967 bits per heavy atom. The number of ether oxygens (including phenoxy) is 2. The van der Waals surface area contributed by atoms with Crippen LogP contribution in [0.25, 0.3) is 90.9 Å². The average molecular weight is 1020 g/mol. The van der Waals surface area contributed by atoms with Gasteiger partial charge < -0.3 is 67.4 Å². The van der Waals surface area contributed by atoms with E-state index in [4.69, 9.17) is 19.4 Å². The Morgan fingerprint density at radius 1 is 0.433 bits per heavy atom. The van der Waals surface area contributed by atoms with Crippen molar-refractivity contribution < 1.29 is 76.2 Å². The molecule has 12 heteroatoms. The molecule has 0 amide bonds. The van der Waals surface area contributed by atoms with Crippen molar-refractivity contribution >= 4 is 58.3 Å². The number of hydrogen-bond acceptors (Lipinski definition) is 6. The van der Waals surface area contributed by atoms with Gasteiger partial charge in [0.25, 0.3) is 0 Å². The molecule has 7 heterocycles. The summed E-state index contributed by atoms with van der Waals surface area (Å²) in [5.41, 5.74) is 14.7. The number of carbonyl (C=O) groups excluding carboxylic acids is 2. The predicted octanol–water partition coefficient (Wildman–Crippen LogP) is 2.55. The number of benzene rings is 2. The Hall–Kier alpha value is -6.26. The van der Waals surface area contributed by atoms with Crippen LogP contribution in [0.2, 0.25) is 0 Å². The lowest BCUT2D eigenvalue weighted by atomic mass is 10.0. The third-order valence-corrected chi connectivity index (χ3v) is 10.5. The Labute approximate surface area is 380 Å². The molecule has 0 aliphatic carbocycles. The van der Waals surface area contributed by atoms with Gasteiger partial charge in [-0.15, -0.1) is 0 Å². The number of halogens is 2. The third kappa shape index (κ3) is 7.91. The summed E-state index contributed by atoms with van der Waals surface area (Å²) in [5, 5.41) is 0. The number of methoxy groups -OCH3 is 2. The second-order valence-electron chi connectivity index (χ2n) is 14.1. The summed E-state index contributed by atoms with van der Waals surface area (Å²) >= 11 is 0. The molecule has 0 radical (unpaired) electrons. The summed E-state index contributed by atoms with van der Waals surface area (Å²) in [6.07, 6.45) is 16.3. The molecule has 2 N–H and O–H groups in total. The van der Waals surface area contributed by atoms with Crippen LogP contribution in [0.1, 0.15) is 43.5 Å². The number of fused-ring (bicyclic) bond motifs is 8. The van der Waals surface area contributed by atoms with Gasteiger partial charge in [-0.1, -0.05) is 24.3 Å². The van der Waals surface area contributed by atoms with E-state index in [0.29, 0.717) is 11.1 Å². The molecule has 0 unspecified atom stereocenters. The lowest BCUT2D eigenvalue weighted by molar-refractivity contribution is -0.671. The van der Waals surface area contributed by atoms with Crippen molar-refractivity contribution in [2.24, 2.45) is 14.1 Å². The van der Waals surface area contributed by atoms with Crippen molar-refractivity contribution in [3.63, 3.8) is 0 Å². The highest BCUT2D eigenvalue weighted by Gasteiger charge is 2.20. The Kier molecular flexibility index (Phi) is 12.2. The van der Waals surface area contributed by atoms with Gasteiger partial charge in [0, 0.05) is 68.6 Å². The number of nitrogens with one attached hydrogen (secondary N) is 2. The van der Waals surface area contributed by atoms with Crippen LogP contribution in [0.15, 0.2) is 122 Å². The van der Waals surface area contributed by atoms with E-state index in [9.17, 15) is 9.59 Å². The lowest BCUT2D eigenvalue weighted by Crippen LogP contribution is -3.00. The molecule has 8 bridgehead atoms. The molecule has 2 aromatic carbocycles. The number of aromatic amines is 2. The van der Waals surface area contributed by atoms with Gasteiger partial charge in [-0.3, -0.25) is 0 Å². The Balaban J connectivity index is 0.00000272. The molecule has 0 saturated carbocycles. The highest BCUT2D eigenvalue weighted by Crippen LogP contribution is 2.38. The number of aromatic nitrogens is 6. The van der Waals surface area contributed by atoms with Crippen LogP contribution in [0.4, 0.5) is 0 Å². The van der Waals surface area contributed by atoms with E-state index in [2.05, 4.69) is 58.5 Å². The van der Waals surface area contributed by atoms with Crippen molar-refractivity contribution in [1.29, 1.82) is 0 Å². The summed E-state index contributed by atoms with van der Waals surface area (Å²) in [6, 6.07) is 31.4. The largest absolute Gasteiger partial charge is 1.00 e. The molecule has 10 nitrogen and oxygen atoms in total. The predicted molar refractivity (Wildman–Crippen MR) is 226 cm³/mol. The molecule has 2 aliphatic heterocycles. The zero-order valence-electron chi connectivity index (χ0n) is 33.0. The van der Waals surface area contributed by atoms with Crippen molar-refractivity contribution in [2.45, 2.75) is 0 Å². The second kappa shape index (κ2) is 17.5. The minimum absolute atomic E-state index is 0. The maximum atomic E-state index is 12.4. The summed E-state index contributed by atoms with van der Waals surface area (Å²) in [5.74, 6) is -0.820. The first-order valence-corrected chi connectivity index (χ1v) is 18.7. The van der Waals surface area contributed by atoms with Gasteiger partial charge in [0.2, 0.25) is 0 Å². The van der Waals surface area contributed by atoms with Gasteiger partial charge in [0.1, 0.15) is 14.1 Å². The molecule has 298 valence electrons. The molecular formula is C48H38I2N6O4. The fourth-order valence-corrected chi connectivity index (χ4v) is 7.54. The number of aryl methyl sites for hydroxylation is 2. The van der Waals surface area contributed by atoms with E-state index in [1.807, 2.05) is 96.6 Å². The fraction of sp³-hybridized carbons (Fsp3) is 0.0833. The van der Waals surface area contributed by atoms with E-state index < -0.39 is 11.9 Å². The SMILES string of the molecule is COC(=O)c1ccc(-c2c3nc(c(-c4cc[n+](C)cc4)c4ccc([nH]4)c(-c4cc[n+](C)cc4)c4nc(c(-c5ccc(C(=O)OC)cc5)c5ccc2[nH]5)C=C4)C=C3)cc1.[I-].[I-]. The number of esters is 2. The first-order chi connectivity index (χ1) is 28.3. The summed E-state index contributed by atoms with van der Waals surface area (Å²) in [6.45, 7) is 0. The molecule has 9 rings (SSSR count). The zero-order chi connectivity index (χ0) is 39.9. The quantitative estimate of drug-likeness (QED) is 0.151. The van der Waals surface area contributed by atoms with Crippen LogP contribution in [0, 0.1) is 0 Å². The Morgan fingerprint density at radius 2 is 0.700 bits per heavy atom. The van der Waals surface area contributed by atoms with Crippen LogP contribution in [-0.2, 0) is 23.6 Å². The van der Waals surface area contributed by atoms with Crippen molar-refractivity contribution in [1.82, 2.24) is 19.9 Å². The number of hydrogen-bond donors (Lipinski definition) is 2. The second-order valence-corrected chi connectivity index (χ2v) is 14.1. The molecule has 2 aliphatic rings. The monoisotopic (exact) mass is 1020 g/mol. The van der Waals surface area contributed by atoms with E-state index in [-0.39, 0.29) is 48.0 Å². The summed E-state index contributed by atoms with van der Waals surface area (Å²) < 4.78 is 14.0. The maximum Gasteiger partial charge on any atom is 0.337 e. The van der Waals surface area contributed by atoms with Gasteiger partial charge in [-0.25, -0.2) is 28.7 Å². The Bertz CT molecular complexity index is 2810. The smallest absolute Gasteiger partial charge is 0.337 e. The van der Waals surface area contributed by atoms with Crippen molar-refractivity contribution in [3.05, 3.63) is 156 Å². The minimum atomic E-state index is -0.410. The van der Waals surface area contributed by atoms with Crippen molar-refractivity contribution in [3.8, 4) is 44.5 Å². The van der Waals surface area contributed by atoms with Gasteiger partial charge in [-0.05, 0) is 95.1 Å². The highest BCUT2D eigenvalue weighted by molar-refractivity contribution is 6.00. The fourth-order valence-electron chi connectivity index (χ4n) is 7.54. The third-order valence-electron chi connectivity index (χ3n) is 10.5. The van der Waals surface area contributed by atoms with E-state index in [1.165, 1.54) is 14.2 Å². The summed E-state index contributed by atoms with van der Waals surface area (Å²) in [4.78, 5) is 43.1. The maximum absolute atomic E-state index is 12.4. The number of pyridine rings is 2. The number of carbonyl (C=O) groups is 2. The van der Waals surface area contributed by atoms with E-state index >= 15 is 0 Å². The lowest BCUT2D eigenvalue weighted by Gasteiger charge is -2.07. The van der Waals surface area contributed by atoms with Gasteiger partial charge in [-0.2, -0.15) is 0 Å². The first-order valence-electron chi connectivity index (χ1n) is 18.7. The van der Waals surface area contributed by atoms with Crippen LogP contribution in [0.5, 0.6) is 0 Å². The number of H-pyrrole nitrogens is 2. The minimum Gasteiger partial charge on any atom is -1.00 e. The molecule has 0 spiro atoms. The topological polar surface area (TPSA) is 118 Å². The number of rotatable bonds is 6. The van der Waals surface area contributed by atoms with E-state index in [1.54, 1.807) is 24.3 Å². The van der Waals surface area contributed by atoms with Crippen LogP contribution in [-0.4, -0.2) is 46.1 Å². The molecule has 5 aromatic heterocycles. The molecular weight excluding hydrogens is 978 g/mol. The molecule has 0 fully saturated rings. The normalized spacial score (nSPS) is 11.4. The van der Waals surface area contributed by atoms with Crippen LogP contribution >= 0.6 is 0 Å². The summed E-state index contributed by atoms with van der Waals surface area (Å²) in [7, 11) is 6.75. The van der Waals surface area contributed by atoms with Crippen LogP contribution < -0.4 is 57.1 Å². The van der Waals surface area contributed by atoms with E-state index in [0.717, 1.165) is 89.4 Å². The standard InChI is InChI=1S/C48H37N6O4.2HI/c1-53-25-21-31(22-26-53)45-39-17-15-37(50-39)43(29-5-9-33(10-6-29)47(55)57-3)35-13-14-36(49-35)44(30-7-11-34(12-8-30)48(56)58-4)38-16-18-40(51-38)46(42-20-19-41(45)52-42)32-23-27-54(2)28-24-32;;/h5-28H,1-4H3,(H,49,50,51,52);2*1H/q+1;;/p-1. The van der Waals surface area contributed by atoms with Gasteiger partial charge in [0.15, 0.2) is 24.8 Å².